The van der Waals surface area contributed by atoms with Crippen molar-refractivity contribution in [1.29, 1.82) is 0 Å². The Balaban J connectivity index is 3.72. The van der Waals surface area contributed by atoms with Crippen LogP contribution in [-0.2, 0) is 18.3 Å². The molecular formula is C3H10NO6P2+. The quantitative estimate of drug-likeness (QED) is 0.335. The summed E-state index contributed by atoms with van der Waals surface area (Å²) in [6.45, 7) is 1.98. The van der Waals surface area contributed by atoms with E-state index in [4.69, 9.17) is 9.79 Å². The lowest BCUT2D eigenvalue weighted by Gasteiger charge is -2.04. The van der Waals surface area contributed by atoms with Gasteiger partial charge in [-0.05, 0) is 11.2 Å². The predicted molar refractivity (Wildman–Crippen MR) is 40.4 cm³/mol. The number of hydroxylamine groups is 1. The van der Waals surface area contributed by atoms with E-state index >= 15 is 0 Å². The molecule has 0 aromatic heterocycles. The summed E-state index contributed by atoms with van der Waals surface area (Å²) in [4.78, 5) is 21.4. The number of nitrogens with one attached hydrogen (secondary N) is 1. The number of rotatable bonds is 6. The van der Waals surface area contributed by atoms with Gasteiger partial charge in [0, 0.05) is 4.57 Å². The van der Waals surface area contributed by atoms with E-state index in [-0.39, 0.29) is 0 Å². The van der Waals surface area contributed by atoms with Crippen molar-refractivity contribution in [2.24, 2.45) is 0 Å². The molecule has 0 rings (SSSR count). The van der Waals surface area contributed by atoms with Crippen LogP contribution < -0.4 is 5.48 Å². The van der Waals surface area contributed by atoms with Gasteiger partial charge in [-0.15, -0.1) is 4.89 Å². The maximum absolute atomic E-state index is 10.7. The van der Waals surface area contributed by atoms with Crippen molar-refractivity contribution in [1.82, 2.24) is 5.48 Å². The van der Waals surface area contributed by atoms with Gasteiger partial charge in [-0.1, -0.05) is 0 Å². The first-order valence-electron chi connectivity index (χ1n) is 3.00. The Morgan fingerprint density at radius 3 is 2.67 bits per heavy atom. The molecule has 12 heavy (non-hydrogen) atoms. The lowest BCUT2D eigenvalue weighted by molar-refractivity contribution is 0.0597. The average Bonchev–Trinajstić information content (AvgIpc) is 1.84. The molecule has 0 aliphatic carbocycles. The van der Waals surface area contributed by atoms with Gasteiger partial charge in [0.25, 0.3) is 0 Å². The Labute approximate surface area is 70.1 Å². The zero-order valence-corrected chi connectivity index (χ0v) is 8.12. The molecule has 7 nitrogen and oxygen atoms in total. The van der Waals surface area contributed by atoms with Gasteiger partial charge in [0.1, 0.15) is 6.29 Å². The summed E-state index contributed by atoms with van der Waals surface area (Å²) in [5.74, 6) is 0. The Morgan fingerprint density at radius 2 is 2.25 bits per heavy atom. The molecule has 2 unspecified atom stereocenters. The molecule has 0 aromatic carbocycles. The third-order valence-corrected chi connectivity index (χ3v) is 2.82. The van der Waals surface area contributed by atoms with Gasteiger partial charge in [-0.2, -0.15) is 5.48 Å². The van der Waals surface area contributed by atoms with E-state index in [1.165, 1.54) is 0 Å². The van der Waals surface area contributed by atoms with Crippen LogP contribution in [0.25, 0.3) is 0 Å². The molecule has 0 saturated carbocycles. The molecule has 0 aliphatic rings. The minimum atomic E-state index is -4.05. The van der Waals surface area contributed by atoms with Crippen LogP contribution in [0.2, 0.25) is 0 Å². The highest BCUT2D eigenvalue weighted by molar-refractivity contribution is 7.59. The first-order chi connectivity index (χ1) is 5.48. The van der Waals surface area contributed by atoms with Crippen LogP contribution in [0.5, 0.6) is 0 Å². The third kappa shape index (κ3) is 6.82. The molecule has 3 N–H and O–H groups in total. The Morgan fingerprint density at radius 1 is 1.67 bits per heavy atom. The monoisotopic (exact) mass is 218 g/mol. The molecule has 0 spiro atoms. The minimum Gasteiger partial charge on any atom is -0.321 e. The van der Waals surface area contributed by atoms with Gasteiger partial charge >= 0.3 is 15.9 Å². The lowest BCUT2D eigenvalue weighted by atomic mass is 10.9. The fourth-order valence-corrected chi connectivity index (χ4v) is 1.73. The van der Waals surface area contributed by atoms with Gasteiger partial charge in [-0.25, -0.2) is 0 Å². The molecule has 0 saturated heterocycles. The van der Waals surface area contributed by atoms with Crippen molar-refractivity contribution in [3.8, 4) is 0 Å². The van der Waals surface area contributed by atoms with Crippen LogP contribution in [0.3, 0.4) is 0 Å². The third-order valence-electron chi connectivity index (χ3n) is 0.708. The van der Waals surface area contributed by atoms with Gasteiger partial charge in [0.05, 0.1) is 6.61 Å². The first-order valence-corrected chi connectivity index (χ1v) is 5.89. The number of hydrogen-bond acceptors (Lipinski definition) is 5. The summed E-state index contributed by atoms with van der Waals surface area (Å²) in [5.41, 5.74) is 2.10. The van der Waals surface area contributed by atoms with Gasteiger partial charge in [-0.3, -0.25) is 4.57 Å². The summed E-state index contributed by atoms with van der Waals surface area (Å²) in [6.07, 6.45) is -0.525. The second-order valence-electron chi connectivity index (χ2n) is 1.69. The summed E-state index contributed by atoms with van der Waals surface area (Å²) >= 11 is 0. The van der Waals surface area contributed by atoms with Crippen molar-refractivity contribution in [3.05, 3.63) is 0 Å². The zero-order chi connectivity index (χ0) is 9.61. The highest BCUT2D eigenvalue weighted by Gasteiger charge is 2.32. The molecule has 0 radical (unpaired) electrons. The SMILES string of the molecule is CCONCP(=O)(O)O[P+](=O)O. The predicted octanol–water partition coefficient (Wildman–Crippen LogP) is 0.337. The minimum absolute atomic E-state index is 0.311. The van der Waals surface area contributed by atoms with Crippen molar-refractivity contribution in [2.45, 2.75) is 6.92 Å². The van der Waals surface area contributed by atoms with Crippen molar-refractivity contribution < 1.29 is 28.1 Å². The average molecular weight is 218 g/mol. The van der Waals surface area contributed by atoms with Crippen LogP contribution in [0.15, 0.2) is 0 Å². The Hall–Kier alpha value is 0.130. The van der Waals surface area contributed by atoms with E-state index in [9.17, 15) is 9.13 Å². The Kier molecular flexibility index (Phi) is 5.78. The first kappa shape index (κ1) is 12.1. The highest BCUT2D eigenvalue weighted by atomic mass is 31.2. The normalized spacial score (nSPS) is 17.1. The van der Waals surface area contributed by atoms with Crippen LogP contribution >= 0.6 is 15.9 Å². The molecule has 9 heteroatoms. The summed E-state index contributed by atoms with van der Waals surface area (Å²) in [6, 6.07) is 0. The molecular weight excluding hydrogens is 208 g/mol. The summed E-state index contributed by atoms with van der Waals surface area (Å²) in [7, 11) is -7.12. The van der Waals surface area contributed by atoms with Crippen LogP contribution in [0.1, 0.15) is 6.92 Å². The van der Waals surface area contributed by atoms with E-state index in [1.807, 2.05) is 0 Å². The maximum atomic E-state index is 10.7. The molecule has 72 valence electrons. The van der Waals surface area contributed by atoms with Crippen LogP contribution in [0, 0.1) is 0 Å². The molecule has 0 bridgehead atoms. The van der Waals surface area contributed by atoms with Gasteiger partial charge < -0.3 is 9.73 Å². The maximum Gasteiger partial charge on any atom is 0.703 e. The largest absolute Gasteiger partial charge is 0.703 e. The molecule has 0 amide bonds. The van der Waals surface area contributed by atoms with E-state index < -0.39 is 22.1 Å². The second kappa shape index (κ2) is 5.72. The smallest absolute Gasteiger partial charge is 0.321 e. The molecule has 0 aromatic rings. The summed E-state index contributed by atoms with van der Waals surface area (Å²) in [5, 5.41) is 0. The standard InChI is InChI=1S/C3H9NO6P2/c1-2-9-4-3-12(7,8)10-11(5)6/h4H,2-3H2,1H3,(H-,5,6,7,8)/p+1. The van der Waals surface area contributed by atoms with Crippen molar-refractivity contribution in [2.75, 3.05) is 12.9 Å². The highest BCUT2D eigenvalue weighted by Crippen LogP contribution is 2.48. The number of hydrogen-bond donors (Lipinski definition) is 3. The van der Waals surface area contributed by atoms with Crippen LogP contribution in [-0.4, -0.2) is 22.7 Å². The Bertz CT molecular complexity index is 195. The molecule has 0 fully saturated rings. The van der Waals surface area contributed by atoms with E-state index in [1.54, 1.807) is 6.92 Å². The molecule has 0 heterocycles. The van der Waals surface area contributed by atoms with Crippen molar-refractivity contribution in [3.63, 3.8) is 0 Å². The van der Waals surface area contributed by atoms with Crippen molar-refractivity contribution >= 4 is 15.9 Å². The van der Waals surface area contributed by atoms with Gasteiger partial charge in [0.2, 0.25) is 0 Å². The zero-order valence-electron chi connectivity index (χ0n) is 6.34. The topological polar surface area (TPSA) is 105 Å². The second-order valence-corrected chi connectivity index (χ2v) is 4.41. The lowest BCUT2D eigenvalue weighted by Crippen LogP contribution is -2.16. The fourth-order valence-electron chi connectivity index (χ4n) is 0.367. The van der Waals surface area contributed by atoms with Gasteiger partial charge in [0.15, 0.2) is 0 Å². The van der Waals surface area contributed by atoms with Crippen LogP contribution in [0.4, 0.5) is 0 Å². The van der Waals surface area contributed by atoms with E-state index in [2.05, 4.69) is 14.6 Å². The van der Waals surface area contributed by atoms with E-state index in [0.29, 0.717) is 6.61 Å². The fraction of sp³-hybridized carbons (Fsp3) is 1.00. The molecule has 0 aliphatic heterocycles. The molecule has 2 atom stereocenters. The summed E-state index contributed by atoms with van der Waals surface area (Å²) < 4.78 is 24.5. The van der Waals surface area contributed by atoms with E-state index in [0.717, 1.165) is 0 Å².